The third-order valence-corrected chi connectivity index (χ3v) is 6.44. The highest BCUT2D eigenvalue weighted by atomic mass is 15.2. The van der Waals surface area contributed by atoms with Gasteiger partial charge in [-0.05, 0) is 89.2 Å². The number of benzene rings is 2. The van der Waals surface area contributed by atoms with Crippen molar-refractivity contribution in [2.24, 2.45) is 0 Å². The van der Waals surface area contributed by atoms with E-state index in [4.69, 9.17) is 0 Å². The molecule has 4 rings (SSSR count). The molecule has 0 saturated heterocycles. The van der Waals surface area contributed by atoms with Crippen LogP contribution in [0.15, 0.2) is 48.5 Å². The first-order valence-electron chi connectivity index (χ1n) is 11.7. The molecule has 0 unspecified atom stereocenters. The van der Waals surface area contributed by atoms with E-state index >= 15 is 0 Å². The zero-order chi connectivity index (χ0) is 21.1. The Bertz CT molecular complexity index is 975. The van der Waals surface area contributed by atoms with Gasteiger partial charge < -0.3 is 14.8 Å². The van der Waals surface area contributed by atoms with Gasteiger partial charge in [-0.15, -0.1) is 0 Å². The Morgan fingerprint density at radius 3 is 2.57 bits per heavy atom. The molecule has 1 N–H and O–H groups in total. The largest absolute Gasteiger partial charge is 0.367 e. The van der Waals surface area contributed by atoms with E-state index in [-0.39, 0.29) is 0 Å². The van der Waals surface area contributed by atoms with E-state index in [1.165, 1.54) is 48.0 Å². The Kier molecular flexibility index (Phi) is 6.48. The van der Waals surface area contributed by atoms with Gasteiger partial charge in [-0.1, -0.05) is 30.3 Å². The number of nitrogens with zero attached hydrogens (tertiary/aromatic N) is 2. The monoisotopic (exact) mass is 403 g/mol. The van der Waals surface area contributed by atoms with Crippen molar-refractivity contribution < 1.29 is 0 Å². The van der Waals surface area contributed by atoms with Gasteiger partial charge in [0.25, 0.3) is 0 Å². The van der Waals surface area contributed by atoms with Crippen LogP contribution in [0.5, 0.6) is 0 Å². The zero-order valence-corrected chi connectivity index (χ0v) is 19.1. The van der Waals surface area contributed by atoms with Gasteiger partial charge >= 0.3 is 0 Å². The molecule has 0 bridgehead atoms. The van der Waals surface area contributed by atoms with E-state index in [1.54, 1.807) is 11.3 Å². The summed E-state index contributed by atoms with van der Waals surface area (Å²) in [7, 11) is 0. The molecule has 1 aromatic heterocycles. The zero-order valence-electron chi connectivity index (χ0n) is 19.1. The second-order valence-corrected chi connectivity index (χ2v) is 9.24. The first kappa shape index (κ1) is 21.0. The lowest BCUT2D eigenvalue weighted by atomic mass is 10.0. The first-order chi connectivity index (χ1) is 14.6. The van der Waals surface area contributed by atoms with Crippen LogP contribution in [0.4, 0.5) is 5.69 Å². The molecular weight excluding hydrogens is 366 g/mol. The van der Waals surface area contributed by atoms with Crippen LogP contribution in [0.2, 0.25) is 0 Å². The molecule has 2 heterocycles. The fourth-order valence-electron chi connectivity index (χ4n) is 5.28. The van der Waals surface area contributed by atoms with Crippen molar-refractivity contribution in [3.05, 3.63) is 65.4 Å². The predicted octanol–water partition coefficient (Wildman–Crippen LogP) is 5.93. The van der Waals surface area contributed by atoms with Crippen LogP contribution in [0, 0.1) is 0 Å². The number of anilines is 1. The fraction of sp³-hybridized carbons (Fsp3) is 0.481. The topological polar surface area (TPSA) is 20.2 Å². The normalized spacial score (nSPS) is 13.9. The van der Waals surface area contributed by atoms with Gasteiger partial charge in [0.2, 0.25) is 0 Å². The van der Waals surface area contributed by atoms with Crippen LogP contribution >= 0.6 is 0 Å². The average Bonchev–Trinajstić information content (AvgIpc) is 3.05. The van der Waals surface area contributed by atoms with Crippen LogP contribution in [0.3, 0.4) is 0 Å². The minimum Gasteiger partial charge on any atom is -0.367 e. The molecule has 1 aliphatic heterocycles. The van der Waals surface area contributed by atoms with E-state index in [1.807, 2.05) is 0 Å². The minimum absolute atomic E-state index is 0.502. The maximum Gasteiger partial charge on any atom is 0.0485 e. The second kappa shape index (κ2) is 9.26. The van der Waals surface area contributed by atoms with Crippen LogP contribution in [0.25, 0.3) is 10.9 Å². The van der Waals surface area contributed by atoms with Crippen molar-refractivity contribution in [1.29, 1.82) is 0 Å². The number of aryl methyl sites for hydroxylation is 1. The Morgan fingerprint density at radius 2 is 1.77 bits per heavy atom. The lowest BCUT2D eigenvalue weighted by Crippen LogP contribution is -2.37. The summed E-state index contributed by atoms with van der Waals surface area (Å²) in [4.78, 5) is 2.49. The van der Waals surface area contributed by atoms with Gasteiger partial charge in [0.15, 0.2) is 0 Å². The van der Waals surface area contributed by atoms with Crippen LogP contribution in [0.1, 0.15) is 57.4 Å². The van der Waals surface area contributed by atoms with E-state index in [2.05, 4.69) is 91.0 Å². The number of nitrogens with one attached hydrogen (secondary N) is 1. The van der Waals surface area contributed by atoms with Crippen LogP contribution in [-0.4, -0.2) is 23.2 Å². The predicted molar refractivity (Wildman–Crippen MR) is 129 cm³/mol. The standard InChI is InChI=1S/C27H37N3/c1-20(2)30(21(3)4)23-11-9-10-22(18-23)19-28-16-15-25-24-12-5-6-13-26(24)29-17-8-7-14-27(25)29/h5-6,9-13,18,20-21,28H,7-8,14-17,19H2,1-4H3. The fourth-order valence-corrected chi connectivity index (χ4v) is 5.28. The van der Waals surface area contributed by atoms with Crippen LogP contribution < -0.4 is 10.2 Å². The number of aromatic nitrogens is 1. The second-order valence-electron chi connectivity index (χ2n) is 9.24. The van der Waals surface area contributed by atoms with Gasteiger partial charge in [-0.2, -0.15) is 0 Å². The maximum absolute atomic E-state index is 3.71. The van der Waals surface area contributed by atoms with Gasteiger partial charge in [-0.3, -0.25) is 0 Å². The van der Waals surface area contributed by atoms with E-state index in [0.717, 1.165) is 19.5 Å². The van der Waals surface area contributed by atoms with E-state index in [0.29, 0.717) is 12.1 Å². The highest BCUT2D eigenvalue weighted by Crippen LogP contribution is 2.31. The summed E-state index contributed by atoms with van der Waals surface area (Å²) in [6.07, 6.45) is 4.97. The Morgan fingerprint density at radius 1 is 0.967 bits per heavy atom. The van der Waals surface area contributed by atoms with Gasteiger partial charge in [0.05, 0.1) is 0 Å². The Hall–Kier alpha value is -2.26. The molecule has 0 fully saturated rings. The number of rotatable bonds is 8. The summed E-state index contributed by atoms with van der Waals surface area (Å²) in [5, 5.41) is 5.17. The molecule has 3 nitrogen and oxygen atoms in total. The SMILES string of the molecule is CC(C)N(c1cccc(CNCCc2c3n(c4ccccc24)CCCC3)c1)C(C)C. The number of hydrogen-bond acceptors (Lipinski definition) is 2. The summed E-state index contributed by atoms with van der Waals surface area (Å²) in [5.74, 6) is 0. The highest BCUT2D eigenvalue weighted by Gasteiger charge is 2.19. The molecule has 0 aliphatic carbocycles. The minimum atomic E-state index is 0.502. The van der Waals surface area contributed by atoms with Gasteiger partial charge in [0, 0.05) is 47.5 Å². The van der Waals surface area contributed by atoms with E-state index < -0.39 is 0 Å². The number of fused-ring (bicyclic) bond motifs is 3. The number of para-hydroxylation sites is 1. The molecule has 3 aromatic rings. The summed E-state index contributed by atoms with van der Waals surface area (Å²) >= 11 is 0. The highest BCUT2D eigenvalue weighted by molar-refractivity contribution is 5.85. The first-order valence-corrected chi connectivity index (χ1v) is 11.7. The molecule has 1 aliphatic rings. The van der Waals surface area contributed by atoms with Crippen molar-refractivity contribution in [2.75, 3.05) is 11.4 Å². The average molecular weight is 404 g/mol. The van der Waals surface area contributed by atoms with Gasteiger partial charge in [0.1, 0.15) is 0 Å². The smallest absolute Gasteiger partial charge is 0.0485 e. The molecule has 2 aromatic carbocycles. The van der Waals surface area contributed by atoms with Crippen molar-refractivity contribution >= 4 is 16.6 Å². The third kappa shape index (κ3) is 4.27. The molecule has 0 saturated carbocycles. The molecule has 160 valence electrons. The molecule has 0 amide bonds. The van der Waals surface area contributed by atoms with Crippen LogP contribution in [-0.2, 0) is 25.9 Å². The Balaban J connectivity index is 1.42. The van der Waals surface area contributed by atoms with Crippen molar-refractivity contribution in [2.45, 2.75) is 78.6 Å². The molecule has 30 heavy (non-hydrogen) atoms. The molecule has 0 radical (unpaired) electrons. The van der Waals surface area contributed by atoms with Crippen molar-refractivity contribution in [3.63, 3.8) is 0 Å². The Labute approximate surface area is 182 Å². The lowest BCUT2D eigenvalue weighted by molar-refractivity contribution is 0.539. The summed E-state index contributed by atoms with van der Waals surface area (Å²) in [6, 6.07) is 19.0. The van der Waals surface area contributed by atoms with Crippen molar-refractivity contribution in [1.82, 2.24) is 9.88 Å². The third-order valence-electron chi connectivity index (χ3n) is 6.44. The lowest BCUT2D eigenvalue weighted by Gasteiger charge is -2.33. The molecule has 0 spiro atoms. The summed E-state index contributed by atoms with van der Waals surface area (Å²) < 4.78 is 2.57. The molecule has 0 atom stereocenters. The molecular formula is C27H37N3. The van der Waals surface area contributed by atoms with Crippen molar-refractivity contribution in [3.8, 4) is 0 Å². The summed E-state index contributed by atoms with van der Waals surface area (Å²) in [6.45, 7) is 12.2. The van der Waals surface area contributed by atoms with E-state index in [9.17, 15) is 0 Å². The van der Waals surface area contributed by atoms with Gasteiger partial charge in [-0.25, -0.2) is 0 Å². The maximum atomic E-state index is 3.71. The molecule has 3 heteroatoms. The summed E-state index contributed by atoms with van der Waals surface area (Å²) in [5.41, 5.74) is 7.26. The quantitative estimate of drug-likeness (QED) is 0.470. The number of hydrogen-bond donors (Lipinski definition) is 1.